The highest BCUT2D eigenvalue weighted by atomic mass is 32.1. The second-order valence-electron chi connectivity index (χ2n) is 6.28. The number of rotatable bonds is 4. The van der Waals surface area contributed by atoms with Gasteiger partial charge in [0.05, 0.1) is 0 Å². The van der Waals surface area contributed by atoms with E-state index in [1.54, 1.807) is 0 Å². The van der Waals surface area contributed by atoms with Gasteiger partial charge in [-0.15, -0.1) is 0 Å². The molecule has 0 fully saturated rings. The number of hydrogen-bond acceptors (Lipinski definition) is 8. The van der Waals surface area contributed by atoms with Crippen LogP contribution in [0.25, 0.3) is 17.5 Å². The standard InChI is InChI=1S/C18H9F6N7OS/c19-17(20,21)11-3-1-2-10(27-11)13-28-14(30-15(29-13)31-6-7-33-16(31)32)26-9-4-5-25-12(8-9)18(22,23)24/h1-8H,(H,25,26,28,29,30). The van der Waals surface area contributed by atoms with Gasteiger partial charge >= 0.3 is 17.2 Å². The molecule has 0 bridgehead atoms. The first-order valence-electron chi connectivity index (χ1n) is 8.78. The van der Waals surface area contributed by atoms with Crippen LogP contribution in [0.3, 0.4) is 0 Å². The normalized spacial score (nSPS) is 12.1. The van der Waals surface area contributed by atoms with E-state index in [1.165, 1.54) is 23.7 Å². The minimum Gasteiger partial charge on any atom is -0.324 e. The van der Waals surface area contributed by atoms with Gasteiger partial charge in [0.2, 0.25) is 11.9 Å². The third-order valence-corrected chi connectivity index (χ3v) is 4.65. The van der Waals surface area contributed by atoms with Crippen molar-refractivity contribution >= 4 is 23.0 Å². The van der Waals surface area contributed by atoms with Crippen molar-refractivity contribution in [2.45, 2.75) is 12.4 Å². The number of nitrogens with zero attached hydrogens (tertiary/aromatic N) is 6. The van der Waals surface area contributed by atoms with Crippen molar-refractivity contribution in [3.8, 4) is 17.5 Å². The summed E-state index contributed by atoms with van der Waals surface area (Å²) in [4.78, 5) is 30.3. The summed E-state index contributed by atoms with van der Waals surface area (Å²) in [7, 11) is 0. The van der Waals surface area contributed by atoms with E-state index < -0.39 is 28.6 Å². The number of anilines is 2. The van der Waals surface area contributed by atoms with Crippen LogP contribution in [-0.2, 0) is 12.4 Å². The van der Waals surface area contributed by atoms with Crippen LogP contribution < -0.4 is 10.2 Å². The van der Waals surface area contributed by atoms with E-state index >= 15 is 0 Å². The smallest absolute Gasteiger partial charge is 0.324 e. The van der Waals surface area contributed by atoms with Gasteiger partial charge in [0, 0.05) is 23.5 Å². The molecule has 0 aromatic carbocycles. The number of hydrogen-bond donors (Lipinski definition) is 1. The van der Waals surface area contributed by atoms with E-state index in [0.717, 1.165) is 34.2 Å². The maximum Gasteiger partial charge on any atom is 0.433 e. The summed E-state index contributed by atoms with van der Waals surface area (Å²) >= 11 is 0.810. The molecule has 8 nitrogen and oxygen atoms in total. The second kappa shape index (κ2) is 8.23. The molecular weight excluding hydrogens is 476 g/mol. The number of halogens is 6. The van der Waals surface area contributed by atoms with Crippen LogP contribution in [0, 0.1) is 0 Å². The van der Waals surface area contributed by atoms with Crippen LogP contribution in [0.15, 0.2) is 52.9 Å². The molecule has 1 N–H and O–H groups in total. The minimum absolute atomic E-state index is 0.102. The van der Waals surface area contributed by atoms with Crippen LogP contribution in [0.5, 0.6) is 0 Å². The van der Waals surface area contributed by atoms with Crippen LogP contribution >= 0.6 is 11.3 Å². The number of aromatic nitrogens is 6. The number of alkyl halides is 6. The summed E-state index contributed by atoms with van der Waals surface area (Å²) in [5.41, 5.74) is -2.77. The predicted octanol–water partition coefficient (Wildman–Crippen LogP) is 4.32. The zero-order chi connectivity index (χ0) is 23.8. The van der Waals surface area contributed by atoms with Crippen LogP contribution in [0.4, 0.5) is 38.0 Å². The Bertz CT molecular complexity index is 1370. The lowest BCUT2D eigenvalue weighted by atomic mass is 10.3. The van der Waals surface area contributed by atoms with Crippen LogP contribution in [-0.4, -0.2) is 29.5 Å². The van der Waals surface area contributed by atoms with Gasteiger partial charge in [0.25, 0.3) is 0 Å². The summed E-state index contributed by atoms with van der Waals surface area (Å²) in [5, 5.41) is 3.96. The molecule has 0 saturated carbocycles. The quantitative estimate of drug-likeness (QED) is 0.430. The lowest BCUT2D eigenvalue weighted by Gasteiger charge is -2.11. The molecule has 4 aromatic rings. The fraction of sp³-hybridized carbons (Fsp3) is 0.111. The van der Waals surface area contributed by atoms with Gasteiger partial charge in [-0.25, -0.2) is 9.55 Å². The van der Waals surface area contributed by atoms with Gasteiger partial charge in [-0.2, -0.15) is 41.3 Å². The number of nitrogens with one attached hydrogen (secondary N) is 1. The van der Waals surface area contributed by atoms with E-state index in [0.29, 0.717) is 6.07 Å². The Morgan fingerprint density at radius 2 is 1.67 bits per heavy atom. The van der Waals surface area contributed by atoms with E-state index in [9.17, 15) is 31.1 Å². The summed E-state index contributed by atoms with van der Waals surface area (Å²) in [6, 6.07) is 4.96. The van der Waals surface area contributed by atoms with E-state index in [-0.39, 0.29) is 29.1 Å². The third kappa shape index (κ3) is 4.97. The average molecular weight is 485 g/mol. The maximum absolute atomic E-state index is 13.1. The van der Waals surface area contributed by atoms with Gasteiger partial charge in [-0.3, -0.25) is 9.78 Å². The molecule has 170 valence electrons. The molecule has 0 atom stereocenters. The lowest BCUT2D eigenvalue weighted by molar-refractivity contribution is -0.141. The molecule has 4 heterocycles. The molecule has 4 aromatic heterocycles. The summed E-state index contributed by atoms with van der Waals surface area (Å²) in [5.74, 6) is -0.929. The Balaban J connectivity index is 1.82. The van der Waals surface area contributed by atoms with E-state index in [2.05, 4.69) is 30.2 Å². The molecule has 0 aliphatic rings. The van der Waals surface area contributed by atoms with Gasteiger partial charge in [-0.1, -0.05) is 17.4 Å². The summed E-state index contributed by atoms with van der Waals surface area (Å²) in [6.45, 7) is 0. The first-order valence-corrected chi connectivity index (χ1v) is 9.66. The SMILES string of the molecule is O=c1sccn1-c1nc(Nc2ccnc(C(F)(F)F)c2)nc(-c2cccc(C(F)(F)F)n2)n1. The molecule has 0 amide bonds. The highest BCUT2D eigenvalue weighted by molar-refractivity contribution is 7.07. The fourth-order valence-corrected chi connectivity index (χ4v) is 3.12. The van der Waals surface area contributed by atoms with Crippen molar-refractivity contribution in [2.24, 2.45) is 0 Å². The molecule has 0 radical (unpaired) electrons. The topological polar surface area (TPSA) is 98.5 Å². The molecule has 33 heavy (non-hydrogen) atoms. The van der Waals surface area contributed by atoms with Crippen molar-refractivity contribution in [1.29, 1.82) is 0 Å². The molecule has 0 spiro atoms. The Labute approximate surface area is 183 Å². The van der Waals surface area contributed by atoms with Crippen molar-refractivity contribution in [2.75, 3.05) is 5.32 Å². The minimum atomic E-state index is -4.73. The molecule has 15 heteroatoms. The average Bonchev–Trinajstić information content (AvgIpc) is 3.18. The van der Waals surface area contributed by atoms with Crippen molar-refractivity contribution < 1.29 is 26.3 Å². The largest absolute Gasteiger partial charge is 0.433 e. The van der Waals surface area contributed by atoms with Crippen molar-refractivity contribution in [1.82, 2.24) is 29.5 Å². The first-order chi connectivity index (χ1) is 15.5. The molecular formula is C18H9F6N7OS. The monoisotopic (exact) mass is 485 g/mol. The molecule has 0 unspecified atom stereocenters. The Morgan fingerprint density at radius 3 is 2.33 bits per heavy atom. The zero-order valence-electron chi connectivity index (χ0n) is 15.9. The highest BCUT2D eigenvalue weighted by Crippen LogP contribution is 2.30. The number of pyridine rings is 2. The molecule has 4 rings (SSSR count). The Hall–Kier alpha value is -3.88. The van der Waals surface area contributed by atoms with Crippen molar-refractivity contribution in [3.63, 3.8) is 0 Å². The molecule has 0 saturated heterocycles. The summed E-state index contributed by atoms with van der Waals surface area (Å²) in [6.07, 6.45) is -7.21. The Kier molecular flexibility index (Phi) is 5.57. The van der Waals surface area contributed by atoms with Crippen molar-refractivity contribution in [3.05, 3.63) is 69.2 Å². The van der Waals surface area contributed by atoms with E-state index in [4.69, 9.17) is 0 Å². The van der Waals surface area contributed by atoms with Crippen LogP contribution in [0.1, 0.15) is 11.4 Å². The van der Waals surface area contributed by atoms with Gasteiger partial charge in [0.1, 0.15) is 17.1 Å². The third-order valence-electron chi connectivity index (χ3n) is 3.99. The lowest BCUT2D eigenvalue weighted by Crippen LogP contribution is -2.16. The molecule has 0 aliphatic carbocycles. The van der Waals surface area contributed by atoms with Gasteiger partial charge in [-0.05, 0) is 24.3 Å². The molecule has 0 aliphatic heterocycles. The Morgan fingerprint density at radius 1 is 0.909 bits per heavy atom. The van der Waals surface area contributed by atoms with Gasteiger partial charge in [0.15, 0.2) is 5.82 Å². The van der Waals surface area contributed by atoms with Gasteiger partial charge < -0.3 is 5.32 Å². The zero-order valence-corrected chi connectivity index (χ0v) is 16.7. The predicted molar refractivity (Wildman–Crippen MR) is 104 cm³/mol. The first kappa shape index (κ1) is 22.3. The van der Waals surface area contributed by atoms with Crippen LogP contribution in [0.2, 0.25) is 0 Å². The fourth-order valence-electron chi connectivity index (χ4n) is 2.57. The highest BCUT2D eigenvalue weighted by Gasteiger charge is 2.33. The summed E-state index contributed by atoms with van der Waals surface area (Å²) < 4.78 is 79.1. The van der Waals surface area contributed by atoms with E-state index in [1.807, 2.05) is 0 Å². The number of thiazole rings is 1. The maximum atomic E-state index is 13.1. The second-order valence-corrected chi connectivity index (χ2v) is 7.14.